The summed E-state index contributed by atoms with van der Waals surface area (Å²) in [4.78, 5) is 22.8. The number of carbonyl (C=O) groups excluding carboxylic acids is 2. The van der Waals surface area contributed by atoms with Crippen LogP contribution >= 0.6 is 12.2 Å². The first kappa shape index (κ1) is 12.6. The maximum Gasteiger partial charge on any atom is 0.342 e. The first-order valence-corrected chi connectivity index (χ1v) is 5.28. The lowest BCUT2D eigenvalue weighted by molar-refractivity contribution is -0.135. The molecule has 0 aromatic rings. The fourth-order valence-electron chi connectivity index (χ4n) is 1.16. The van der Waals surface area contributed by atoms with E-state index in [0.29, 0.717) is 0 Å². The van der Waals surface area contributed by atoms with E-state index in [9.17, 15) is 9.59 Å². The number of rotatable bonds is 3. The minimum Gasteiger partial charge on any atom is -0.465 e. The van der Waals surface area contributed by atoms with Gasteiger partial charge in [0, 0.05) is 11.6 Å². The molecule has 0 atom stereocenters. The summed E-state index contributed by atoms with van der Waals surface area (Å²) in [6.07, 6.45) is 1.74. The molecule has 0 heterocycles. The summed E-state index contributed by atoms with van der Waals surface area (Å²) in [6.45, 7) is 1.53. The molecule has 16 heavy (non-hydrogen) atoms. The summed E-state index contributed by atoms with van der Waals surface area (Å²) < 4.78 is 4.54. The molecule has 88 valence electrons. The second-order valence-electron chi connectivity index (χ2n) is 3.64. The van der Waals surface area contributed by atoms with E-state index in [1.54, 1.807) is 0 Å². The van der Waals surface area contributed by atoms with Gasteiger partial charge < -0.3 is 15.8 Å². The lowest BCUT2D eigenvalue weighted by Crippen LogP contribution is -2.35. The second kappa shape index (κ2) is 5.07. The van der Waals surface area contributed by atoms with E-state index in [1.807, 2.05) is 0 Å². The van der Waals surface area contributed by atoms with Crippen molar-refractivity contribution in [2.24, 2.45) is 11.7 Å². The summed E-state index contributed by atoms with van der Waals surface area (Å²) in [5.74, 6) is -0.774. The van der Waals surface area contributed by atoms with E-state index in [4.69, 9.17) is 18.0 Å². The van der Waals surface area contributed by atoms with Crippen molar-refractivity contribution < 1.29 is 14.3 Å². The van der Waals surface area contributed by atoms with Gasteiger partial charge in [0.2, 0.25) is 5.91 Å². The van der Waals surface area contributed by atoms with Crippen LogP contribution < -0.4 is 11.1 Å². The number of carbonyl (C=O) groups is 2. The highest BCUT2D eigenvalue weighted by molar-refractivity contribution is 7.81. The number of amides is 1. The van der Waals surface area contributed by atoms with Crippen LogP contribution in [0.2, 0.25) is 0 Å². The van der Waals surface area contributed by atoms with E-state index in [0.717, 1.165) is 12.8 Å². The summed E-state index contributed by atoms with van der Waals surface area (Å²) >= 11 is 4.95. The minimum atomic E-state index is -0.638. The van der Waals surface area contributed by atoms with E-state index in [1.165, 1.54) is 14.0 Å². The smallest absolute Gasteiger partial charge is 0.342 e. The third-order valence-corrected chi connectivity index (χ3v) is 2.50. The van der Waals surface area contributed by atoms with Crippen molar-refractivity contribution in [2.75, 3.05) is 7.11 Å². The van der Waals surface area contributed by atoms with Crippen LogP contribution in [-0.4, -0.2) is 24.0 Å². The Labute approximate surface area is 99.0 Å². The molecule has 0 aromatic heterocycles. The van der Waals surface area contributed by atoms with E-state index in [-0.39, 0.29) is 28.1 Å². The number of hydrogen-bond donors (Lipinski definition) is 2. The van der Waals surface area contributed by atoms with Gasteiger partial charge >= 0.3 is 5.97 Å². The third-order valence-electron chi connectivity index (χ3n) is 2.20. The van der Waals surface area contributed by atoms with Gasteiger partial charge in [-0.3, -0.25) is 4.79 Å². The summed E-state index contributed by atoms with van der Waals surface area (Å²) in [5.41, 5.74) is 5.80. The highest BCUT2D eigenvalue weighted by atomic mass is 32.1. The SMILES string of the molecule is COC(=O)/C(C(=S)NC(=O)C1CC1)=C(/C)N. The van der Waals surface area contributed by atoms with Gasteiger partial charge in [-0.1, -0.05) is 12.2 Å². The van der Waals surface area contributed by atoms with Crippen molar-refractivity contribution in [3.63, 3.8) is 0 Å². The van der Waals surface area contributed by atoms with E-state index < -0.39 is 5.97 Å². The molecule has 1 aliphatic carbocycles. The van der Waals surface area contributed by atoms with Gasteiger partial charge in [0.05, 0.1) is 7.11 Å². The number of ether oxygens (including phenoxy) is 1. The topological polar surface area (TPSA) is 81.4 Å². The molecule has 3 N–H and O–H groups in total. The van der Waals surface area contributed by atoms with Gasteiger partial charge in [0.1, 0.15) is 10.6 Å². The van der Waals surface area contributed by atoms with Crippen molar-refractivity contribution >= 4 is 29.1 Å². The van der Waals surface area contributed by atoms with Gasteiger partial charge in [-0.2, -0.15) is 0 Å². The molecule has 1 saturated carbocycles. The molecule has 6 heteroatoms. The van der Waals surface area contributed by atoms with Crippen molar-refractivity contribution in [1.29, 1.82) is 0 Å². The Bertz CT molecular complexity index is 368. The highest BCUT2D eigenvalue weighted by Crippen LogP contribution is 2.28. The average Bonchev–Trinajstić information content (AvgIpc) is 2.99. The minimum absolute atomic E-state index is 0.0231. The van der Waals surface area contributed by atoms with Crippen LogP contribution in [0.4, 0.5) is 0 Å². The number of allylic oxidation sites excluding steroid dienone is 1. The number of hydrogen-bond acceptors (Lipinski definition) is 5. The van der Waals surface area contributed by atoms with Crippen LogP contribution in [-0.2, 0) is 14.3 Å². The Morgan fingerprint density at radius 2 is 2.00 bits per heavy atom. The lowest BCUT2D eigenvalue weighted by atomic mass is 10.2. The Morgan fingerprint density at radius 3 is 2.38 bits per heavy atom. The molecule has 1 aliphatic rings. The highest BCUT2D eigenvalue weighted by Gasteiger charge is 2.31. The lowest BCUT2D eigenvalue weighted by Gasteiger charge is -2.10. The molecule has 0 bridgehead atoms. The van der Waals surface area contributed by atoms with Crippen LogP contribution in [0.3, 0.4) is 0 Å². The number of esters is 1. The molecule has 0 saturated heterocycles. The fraction of sp³-hybridized carbons (Fsp3) is 0.500. The largest absolute Gasteiger partial charge is 0.465 e. The monoisotopic (exact) mass is 242 g/mol. The molecule has 1 amide bonds. The van der Waals surface area contributed by atoms with Crippen molar-refractivity contribution in [1.82, 2.24) is 5.32 Å². The Morgan fingerprint density at radius 1 is 1.44 bits per heavy atom. The summed E-state index contributed by atoms with van der Waals surface area (Å²) in [5, 5.41) is 2.49. The van der Waals surface area contributed by atoms with E-state index >= 15 is 0 Å². The Hall–Kier alpha value is -1.43. The number of nitrogens with one attached hydrogen (secondary N) is 1. The van der Waals surface area contributed by atoms with Gasteiger partial charge in [0.15, 0.2) is 0 Å². The molecular formula is C10H14N2O3S. The molecule has 0 aliphatic heterocycles. The number of thiocarbonyl (C=S) groups is 1. The van der Waals surface area contributed by atoms with Gasteiger partial charge in [-0.05, 0) is 19.8 Å². The van der Waals surface area contributed by atoms with Crippen LogP contribution in [0.15, 0.2) is 11.3 Å². The van der Waals surface area contributed by atoms with Crippen molar-refractivity contribution in [2.45, 2.75) is 19.8 Å². The van der Waals surface area contributed by atoms with E-state index in [2.05, 4.69) is 10.1 Å². The average molecular weight is 242 g/mol. The second-order valence-corrected chi connectivity index (χ2v) is 4.05. The molecule has 0 radical (unpaired) electrons. The van der Waals surface area contributed by atoms with Crippen LogP contribution in [0.25, 0.3) is 0 Å². The molecule has 0 aromatic carbocycles. The van der Waals surface area contributed by atoms with Crippen LogP contribution in [0.5, 0.6) is 0 Å². The zero-order valence-electron chi connectivity index (χ0n) is 9.20. The van der Waals surface area contributed by atoms with Gasteiger partial charge in [-0.15, -0.1) is 0 Å². The molecule has 1 fully saturated rings. The Kier molecular flexibility index (Phi) is 4.00. The predicted molar refractivity (Wildman–Crippen MR) is 62.4 cm³/mol. The predicted octanol–water partition coefficient (Wildman–Crippen LogP) is 0.246. The molecule has 1 rings (SSSR count). The van der Waals surface area contributed by atoms with Gasteiger partial charge in [0.25, 0.3) is 0 Å². The fourth-order valence-corrected chi connectivity index (χ4v) is 1.50. The Balaban J connectivity index is 2.72. The molecule has 5 nitrogen and oxygen atoms in total. The summed E-state index contributed by atoms with van der Waals surface area (Å²) in [6, 6.07) is 0. The maximum absolute atomic E-state index is 11.4. The maximum atomic E-state index is 11.4. The molecule has 0 spiro atoms. The first-order valence-electron chi connectivity index (χ1n) is 4.87. The van der Waals surface area contributed by atoms with Crippen molar-refractivity contribution in [3.8, 4) is 0 Å². The third kappa shape index (κ3) is 3.03. The van der Waals surface area contributed by atoms with Crippen molar-refractivity contribution in [3.05, 3.63) is 11.3 Å². The zero-order chi connectivity index (χ0) is 12.3. The normalized spacial score (nSPS) is 16.1. The zero-order valence-corrected chi connectivity index (χ0v) is 10.0. The van der Waals surface area contributed by atoms with Crippen LogP contribution in [0, 0.1) is 5.92 Å². The van der Waals surface area contributed by atoms with Crippen LogP contribution in [0.1, 0.15) is 19.8 Å². The standard InChI is InChI=1S/C10H14N2O3S/c1-5(11)7(10(14)15-2)9(16)12-8(13)6-3-4-6/h6H,3-4,11H2,1-2H3,(H,12,13,16)/b7-5-. The molecule has 0 unspecified atom stereocenters. The first-order chi connectivity index (χ1) is 7.47. The van der Waals surface area contributed by atoms with Gasteiger partial charge in [-0.25, -0.2) is 4.79 Å². The number of nitrogens with two attached hydrogens (primary N) is 1. The molecular weight excluding hydrogens is 228 g/mol. The number of methoxy groups -OCH3 is 1. The quantitative estimate of drug-likeness (QED) is 0.421. The summed E-state index contributed by atoms with van der Waals surface area (Å²) in [7, 11) is 1.23.